The molecule has 0 aromatic heterocycles. The van der Waals surface area contributed by atoms with Crippen molar-refractivity contribution in [2.75, 3.05) is 27.2 Å². The van der Waals surface area contributed by atoms with Crippen molar-refractivity contribution in [2.24, 2.45) is 5.92 Å². The maximum Gasteiger partial charge on any atom is 0.223 e. The van der Waals surface area contributed by atoms with Gasteiger partial charge in [-0.05, 0) is 26.9 Å². The molecule has 0 saturated carbocycles. The van der Waals surface area contributed by atoms with Gasteiger partial charge in [-0.25, -0.2) is 0 Å². The van der Waals surface area contributed by atoms with Crippen LogP contribution in [-0.4, -0.2) is 43.8 Å². The Labute approximate surface area is 92.0 Å². The molecule has 0 aromatic rings. The van der Waals surface area contributed by atoms with Gasteiger partial charge in [0.1, 0.15) is 5.78 Å². The van der Waals surface area contributed by atoms with Gasteiger partial charge in [0.25, 0.3) is 0 Å². The minimum absolute atomic E-state index is 0.00247. The molecule has 0 heterocycles. The fourth-order valence-corrected chi connectivity index (χ4v) is 1.49. The SMILES string of the molecule is CNC(=O)C(C)CN(C)CCCC(C)=O. The summed E-state index contributed by atoms with van der Waals surface area (Å²) in [4.78, 5) is 24.0. The van der Waals surface area contributed by atoms with Gasteiger partial charge in [-0.15, -0.1) is 0 Å². The summed E-state index contributed by atoms with van der Waals surface area (Å²) in [5, 5.41) is 2.62. The number of carbonyl (C=O) groups excluding carboxylic acids is 2. The molecule has 1 unspecified atom stereocenters. The van der Waals surface area contributed by atoms with Gasteiger partial charge in [0, 0.05) is 25.9 Å². The lowest BCUT2D eigenvalue weighted by Gasteiger charge is -2.19. The maximum absolute atomic E-state index is 11.2. The summed E-state index contributed by atoms with van der Waals surface area (Å²) >= 11 is 0. The van der Waals surface area contributed by atoms with E-state index in [4.69, 9.17) is 0 Å². The van der Waals surface area contributed by atoms with E-state index in [9.17, 15) is 9.59 Å². The molecule has 4 heteroatoms. The Kier molecular flexibility index (Phi) is 6.96. The molecular formula is C11H22N2O2. The van der Waals surface area contributed by atoms with Crippen LogP contribution >= 0.6 is 0 Å². The van der Waals surface area contributed by atoms with Crippen LogP contribution in [0, 0.1) is 5.92 Å². The lowest BCUT2D eigenvalue weighted by atomic mass is 10.1. The Morgan fingerprint density at radius 1 is 1.40 bits per heavy atom. The molecule has 0 aliphatic rings. The lowest BCUT2D eigenvalue weighted by Crippen LogP contribution is -2.34. The molecule has 0 radical (unpaired) electrons. The first-order valence-electron chi connectivity index (χ1n) is 5.37. The van der Waals surface area contributed by atoms with Crippen molar-refractivity contribution in [3.8, 4) is 0 Å². The Morgan fingerprint density at radius 3 is 2.47 bits per heavy atom. The summed E-state index contributed by atoms with van der Waals surface area (Å²) in [6.45, 7) is 5.10. The summed E-state index contributed by atoms with van der Waals surface area (Å²) in [7, 11) is 3.62. The molecule has 15 heavy (non-hydrogen) atoms. The molecular weight excluding hydrogens is 192 g/mol. The average molecular weight is 214 g/mol. The quantitative estimate of drug-likeness (QED) is 0.677. The smallest absolute Gasteiger partial charge is 0.223 e. The van der Waals surface area contributed by atoms with Crippen LogP contribution in [0.4, 0.5) is 0 Å². The minimum Gasteiger partial charge on any atom is -0.359 e. The minimum atomic E-state index is -0.00247. The predicted octanol–water partition coefficient (Wildman–Crippen LogP) is 0.669. The molecule has 1 amide bonds. The number of carbonyl (C=O) groups is 2. The summed E-state index contributed by atoms with van der Waals surface area (Å²) in [5.74, 6) is 0.286. The highest BCUT2D eigenvalue weighted by molar-refractivity contribution is 5.78. The summed E-state index contributed by atoms with van der Waals surface area (Å²) in [5.41, 5.74) is 0. The van der Waals surface area contributed by atoms with Crippen molar-refractivity contribution in [1.82, 2.24) is 10.2 Å². The fraction of sp³-hybridized carbons (Fsp3) is 0.818. The number of rotatable bonds is 7. The molecule has 88 valence electrons. The van der Waals surface area contributed by atoms with Gasteiger partial charge in [-0.2, -0.15) is 0 Å². The van der Waals surface area contributed by atoms with E-state index in [0.717, 1.165) is 19.5 Å². The van der Waals surface area contributed by atoms with Crippen LogP contribution in [0.15, 0.2) is 0 Å². The van der Waals surface area contributed by atoms with Crippen LogP contribution < -0.4 is 5.32 Å². The number of hydrogen-bond donors (Lipinski definition) is 1. The largest absolute Gasteiger partial charge is 0.359 e. The third kappa shape index (κ3) is 7.08. The van der Waals surface area contributed by atoms with E-state index in [1.54, 1.807) is 14.0 Å². The first kappa shape index (κ1) is 14.1. The van der Waals surface area contributed by atoms with E-state index in [1.807, 2.05) is 14.0 Å². The lowest BCUT2D eigenvalue weighted by molar-refractivity contribution is -0.124. The van der Waals surface area contributed by atoms with Crippen LogP contribution in [0.5, 0.6) is 0 Å². The van der Waals surface area contributed by atoms with E-state index in [1.165, 1.54) is 0 Å². The monoisotopic (exact) mass is 214 g/mol. The number of amides is 1. The van der Waals surface area contributed by atoms with E-state index in [0.29, 0.717) is 6.42 Å². The third-order valence-corrected chi connectivity index (χ3v) is 2.35. The molecule has 4 nitrogen and oxygen atoms in total. The summed E-state index contributed by atoms with van der Waals surface area (Å²) in [6, 6.07) is 0. The van der Waals surface area contributed by atoms with Crippen molar-refractivity contribution in [1.29, 1.82) is 0 Å². The van der Waals surface area contributed by atoms with Crippen LogP contribution in [0.3, 0.4) is 0 Å². The van der Waals surface area contributed by atoms with Crippen molar-refractivity contribution < 1.29 is 9.59 Å². The number of hydrogen-bond acceptors (Lipinski definition) is 3. The normalized spacial score (nSPS) is 12.6. The van der Waals surface area contributed by atoms with Gasteiger partial charge >= 0.3 is 0 Å². The number of Topliss-reactive ketones (excluding diaryl/α,β-unsaturated/α-hetero) is 1. The van der Waals surface area contributed by atoms with E-state index >= 15 is 0 Å². The summed E-state index contributed by atoms with van der Waals surface area (Å²) in [6.07, 6.45) is 1.49. The van der Waals surface area contributed by atoms with Gasteiger partial charge in [0.15, 0.2) is 0 Å². The van der Waals surface area contributed by atoms with E-state index in [-0.39, 0.29) is 17.6 Å². The van der Waals surface area contributed by atoms with Crippen LogP contribution in [0.2, 0.25) is 0 Å². The van der Waals surface area contributed by atoms with Crippen LogP contribution in [0.25, 0.3) is 0 Å². The van der Waals surface area contributed by atoms with Crippen LogP contribution in [0.1, 0.15) is 26.7 Å². The zero-order valence-electron chi connectivity index (χ0n) is 10.2. The van der Waals surface area contributed by atoms with Gasteiger partial charge in [-0.3, -0.25) is 4.79 Å². The molecule has 0 rings (SSSR count). The zero-order chi connectivity index (χ0) is 11.8. The summed E-state index contributed by atoms with van der Waals surface area (Å²) < 4.78 is 0. The van der Waals surface area contributed by atoms with Crippen molar-refractivity contribution >= 4 is 11.7 Å². The molecule has 1 atom stereocenters. The molecule has 1 N–H and O–H groups in total. The van der Waals surface area contributed by atoms with Crippen LogP contribution in [-0.2, 0) is 9.59 Å². The molecule has 0 saturated heterocycles. The predicted molar refractivity (Wildman–Crippen MR) is 60.6 cm³/mol. The van der Waals surface area contributed by atoms with Gasteiger partial charge in [0.2, 0.25) is 5.91 Å². The molecule has 0 spiro atoms. The fourth-order valence-electron chi connectivity index (χ4n) is 1.49. The Hall–Kier alpha value is -0.900. The third-order valence-electron chi connectivity index (χ3n) is 2.35. The standard InChI is InChI=1S/C11H22N2O2/c1-9(11(15)12-3)8-13(4)7-5-6-10(2)14/h9H,5-8H2,1-4H3,(H,12,15). The van der Waals surface area contributed by atoms with E-state index in [2.05, 4.69) is 10.2 Å². The van der Waals surface area contributed by atoms with Gasteiger partial charge in [-0.1, -0.05) is 6.92 Å². The van der Waals surface area contributed by atoms with Gasteiger partial charge < -0.3 is 15.0 Å². The highest BCUT2D eigenvalue weighted by Gasteiger charge is 2.13. The topological polar surface area (TPSA) is 49.4 Å². The first-order valence-corrected chi connectivity index (χ1v) is 5.37. The number of nitrogens with zero attached hydrogens (tertiary/aromatic N) is 1. The molecule has 0 bridgehead atoms. The highest BCUT2D eigenvalue weighted by atomic mass is 16.1. The Bertz CT molecular complexity index is 217. The number of ketones is 1. The van der Waals surface area contributed by atoms with Crippen molar-refractivity contribution in [3.05, 3.63) is 0 Å². The molecule has 0 aromatic carbocycles. The molecule has 0 aliphatic heterocycles. The molecule has 0 aliphatic carbocycles. The first-order chi connectivity index (χ1) is 6.97. The molecule has 0 fully saturated rings. The second-order valence-electron chi connectivity index (χ2n) is 4.08. The highest BCUT2D eigenvalue weighted by Crippen LogP contribution is 2.00. The van der Waals surface area contributed by atoms with E-state index < -0.39 is 0 Å². The second kappa shape index (κ2) is 7.40. The Balaban J connectivity index is 3.68. The zero-order valence-corrected chi connectivity index (χ0v) is 10.2. The second-order valence-corrected chi connectivity index (χ2v) is 4.08. The number of nitrogens with one attached hydrogen (secondary N) is 1. The van der Waals surface area contributed by atoms with Crippen molar-refractivity contribution in [2.45, 2.75) is 26.7 Å². The maximum atomic E-state index is 11.2. The average Bonchev–Trinajstić information content (AvgIpc) is 2.15. The van der Waals surface area contributed by atoms with Crippen molar-refractivity contribution in [3.63, 3.8) is 0 Å². The van der Waals surface area contributed by atoms with Gasteiger partial charge in [0.05, 0.1) is 0 Å². The Morgan fingerprint density at radius 2 is 2.00 bits per heavy atom.